The van der Waals surface area contributed by atoms with Crippen LogP contribution in [0.3, 0.4) is 0 Å². The molecule has 0 spiro atoms. The molecule has 0 aromatic carbocycles. The third-order valence-corrected chi connectivity index (χ3v) is 9.11. The molecular formula is C18H28N2O3S2. The smallest absolute Gasteiger partial charge is 0.241 e. The highest BCUT2D eigenvalue weighted by molar-refractivity contribution is 7.92. The molecule has 1 aliphatic heterocycles. The van der Waals surface area contributed by atoms with Crippen LogP contribution >= 0.6 is 11.3 Å². The largest absolute Gasteiger partial charge is 0.354 e. The first kappa shape index (κ1) is 18.9. The second kappa shape index (κ2) is 7.37. The van der Waals surface area contributed by atoms with E-state index in [4.69, 9.17) is 0 Å². The minimum absolute atomic E-state index is 0.0340. The maximum Gasteiger partial charge on any atom is 0.241 e. The topological polar surface area (TPSA) is 75.3 Å². The summed E-state index contributed by atoms with van der Waals surface area (Å²) in [5.74, 6) is -0.307. The Hall–Kier alpha value is -0.920. The molecule has 0 unspecified atom stereocenters. The molecule has 140 valence electrons. The van der Waals surface area contributed by atoms with Crippen molar-refractivity contribution in [2.45, 2.75) is 55.1 Å². The van der Waals surface area contributed by atoms with Crippen molar-refractivity contribution in [3.8, 4) is 0 Å². The van der Waals surface area contributed by atoms with Gasteiger partial charge in [-0.15, -0.1) is 11.3 Å². The maximum atomic E-state index is 13.0. The van der Waals surface area contributed by atoms with Crippen LogP contribution in [0.15, 0.2) is 17.5 Å². The highest BCUT2D eigenvalue weighted by atomic mass is 32.2. The lowest BCUT2D eigenvalue weighted by Crippen LogP contribution is -2.58. The number of rotatable bonds is 5. The zero-order chi connectivity index (χ0) is 18.0. The first-order valence-electron chi connectivity index (χ1n) is 9.12. The lowest BCUT2D eigenvalue weighted by molar-refractivity contribution is -0.124. The van der Waals surface area contributed by atoms with E-state index in [1.807, 2.05) is 0 Å². The molecule has 7 heteroatoms. The average molecular weight is 385 g/mol. The molecule has 1 aliphatic carbocycles. The quantitative estimate of drug-likeness (QED) is 0.816. The van der Waals surface area contributed by atoms with Gasteiger partial charge in [-0.25, -0.2) is 8.42 Å². The Morgan fingerprint density at radius 2 is 1.88 bits per heavy atom. The zero-order valence-corrected chi connectivity index (χ0v) is 16.5. The summed E-state index contributed by atoms with van der Waals surface area (Å²) in [4.78, 5) is 14.3. The van der Waals surface area contributed by atoms with Gasteiger partial charge < -0.3 is 10.6 Å². The average Bonchev–Trinajstić information content (AvgIpc) is 3.15. The molecule has 1 aromatic rings. The Balaban J connectivity index is 1.79. The van der Waals surface area contributed by atoms with Crippen molar-refractivity contribution in [2.75, 3.05) is 25.9 Å². The zero-order valence-electron chi connectivity index (χ0n) is 14.8. The van der Waals surface area contributed by atoms with Crippen LogP contribution in [0.5, 0.6) is 0 Å². The van der Waals surface area contributed by atoms with Gasteiger partial charge in [0.1, 0.15) is 0 Å². The molecule has 3 rings (SSSR count). The first-order valence-corrected chi connectivity index (χ1v) is 11.9. The summed E-state index contributed by atoms with van der Waals surface area (Å²) < 4.78 is 23.6. The van der Waals surface area contributed by atoms with Crippen molar-refractivity contribution in [1.29, 1.82) is 0 Å². The number of piperidine rings is 1. The Bertz CT molecular complexity index is 686. The van der Waals surface area contributed by atoms with E-state index in [1.165, 1.54) is 17.6 Å². The second-order valence-electron chi connectivity index (χ2n) is 7.52. The van der Waals surface area contributed by atoms with Crippen LogP contribution in [0, 0.1) is 0 Å². The van der Waals surface area contributed by atoms with E-state index in [0.717, 1.165) is 25.7 Å². The molecule has 25 heavy (non-hydrogen) atoms. The lowest BCUT2D eigenvalue weighted by Gasteiger charge is -2.39. The Morgan fingerprint density at radius 1 is 1.20 bits per heavy atom. The summed E-state index contributed by atoms with van der Waals surface area (Å²) in [7, 11) is -3.46. The van der Waals surface area contributed by atoms with E-state index in [9.17, 15) is 13.2 Å². The monoisotopic (exact) mass is 384 g/mol. The molecule has 2 fully saturated rings. The molecule has 2 aliphatic rings. The van der Waals surface area contributed by atoms with Crippen molar-refractivity contribution < 1.29 is 13.2 Å². The molecular weight excluding hydrogens is 356 g/mol. The van der Waals surface area contributed by atoms with E-state index in [1.54, 1.807) is 11.3 Å². The predicted octanol–water partition coefficient (Wildman–Crippen LogP) is 2.23. The molecule has 1 saturated heterocycles. The van der Waals surface area contributed by atoms with E-state index >= 15 is 0 Å². The van der Waals surface area contributed by atoms with E-state index < -0.39 is 14.6 Å². The summed E-state index contributed by atoms with van der Waals surface area (Å²) in [6.07, 6.45) is 7.58. The van der Waals surface area contributed by atoms with Gasteiger partial charge in [0.05, 0.1) is 0 Å². The number of thiophene rings is 1. The molecule has 0 bridgehead atoms. The number of carbonyl (C=O) groups excluding carboxylic acids is 1. The highest BCUT2D eigenvalue weighted by Crippen LogP contribution is 2.41. The fourth-order valence-corrected chi connectivity index (χ4v) is 6.67. The molecule has 0 atom stereocenters. The van der Waals surface area contributed by atoms with Crippen molar-refractivity contribution >= 4 is 27.1 Å². The van der Waals surface area contributed by atoms with Gasteiger partial charge in [-0.2, -0.15) is 0 Å². The third kappa shape index (κ3) is 3.64. The standard InChI is InChI=1S/C18H28N2O3S2/c1-25(22,23)18(9-11-19-12-10-18)16(21)20-14-17(7-3-2-4-8-17)15-6-5-13-24-15/h5-6,13,19H,2-4,7-12,14H2,1H3,(H,20,21). The highest BCUT2D eigenvalue weighted by Gasteiger charge is 2.49. The summed E-state index contributed by atoms with van der Waals surface area (Å²) >= 11 is 1.74. The van der Waals surface area contributed by atoms with Gasteiger partial charge in [0.15, 0.2) is 14.6 Å². The molecule has 2 N–H and O–H groups in total. The van der Waals surface area contributed by atoms with E-state index in [-0.39, 0.29) is 11.3 Å². The number of sulfone groups is 1. The van der Waals surface area contributed by atoms with Crippen molar-refractivity contribution in [1.82, 2.24) is 10.6 Å². The second-order valence-corrected chi connectivity index (χ2v) is 10.8. The molecule has 1 aromatic heterocycles. The summed E-state index contributed by atoms with van der Waals surface area (Å²) in [5, 5.41) is 8.30. The fourth-order valence-electron chi connectivity index (χ4n) is 4.33. The predicted molar refractivity (Wildman–Crippen MR) is 102 cm³/mol. The number of amides is 1. The summed E-state index contributed by atoms with van der Waals surface area (Å²) in [6.45, 7) is 1.67. The van der Waals surface area contributed by atoms with Crippen LogP contribution in [-0.2, 0) is 20.0 Å². The number of carbonyl (C=O) groups is 1. The molecule has 2 heterocycles. The van der Waals surface area contributed by atoms with Crippen LogP contribution < -0.4 is 10.6 Å². The molecule has 0 radical (unpaired) electrons. The van der Waals surface area contributed by atoms with Crippen LogP contribution in [0.4, 0.5) is 0 Å². The van der Waals surface area contributed by atoms with Gasteiger partial charge >= 0.3 is 0 Å². The Kier molecular flexibility index (Phi) is 5.56. The van der Waals surface area contributed by atoms with E-state index in [2.05, 4.69) is 28.1 Å². The van der Waals surface area contributed by atoms with Crippen LogP contribution in [0.25, 0.3) is 0 Å². The van der Waals surface area contributed by atoms with Crippen LogP contribution in [-0.4, -0.2) is 45.0 Å². The van der Waals surface area contributed by atoms with Gasteiger partial charge in [-0.05, 0) is 50.2 Å². The van der Waals surface area contributed by atoms with Crippen molar-refractivity contribution in [2.24, 2.45) is 0 Å². The van der Waals surface area contributed by atoms with Crippen molar-refractivity contribution in [3.63, 3.8) is 0 Å². The SMILES string of the molecule is CS(=O)(=O)C1(C(=O)NCC2(c3cccs3)CCCCC2)CCNCC1. The minimum atomic E-state index is -3.46. The van der Waals surface area contributed by atoms with Crippen LogP contribution in [0.2, 0.25) is 0 Å². The number of hydrogen-bond acceptors (Lipinski definition) is 5. The molecule has 5 nitrogen and oxygen atoms in total. The van der Waals surface area contributed by atoms with Gasteiger partial charge in [-0.1, -0.05) is 25.3 Å². The number of nitrogens with one attached hydrogen (secondary N) is 2. The van der Waals surface area contributed by atoms with Gasteiger partial charge in [0, 0.05) is 23.1 Å². The third-order valence-electron chi connectivity index (χ3n) is 5.98. The molecule has 1 amide bonds. The summed E-state index contributed by atoms with van der Waals surface area (Å²) in [6, 6.07) is 4.21. The van der Waals surface area contributed by atoms with Gasteiger partial charge in [-0.3, -0.25) is 4.79 Å². The summed E-state index contributed by atoms with van der Waals surface area (Å²) in [5.41, 5.74) is -0.0340. The molecule has 1 saturated carbocycles. The van der Waals surface area contributed by atoms with E-state index in [0.29, 0.717) is 32.5 Å². The lowest BCUT2D eigenvalue weighted by atomic mass is 9.73. The van der Waals surface area contributed by atoms with Gasteiger partial charge in [0.25, 0.3) is 0 Å². The fraction of sp³-hybridized carbons (Fsp3) is 0.722. The first-order chi connectivity index (χ1) is 11.9. The van der Waals surface area contributed by atoms with Crippen molar-refractivity contribution in [3.05, 3.63) is 22.4 Å². The Morgan fingerprint density at radius 3 is 2.44 bits per heavy atom. The Labute approximate surface area is 154 Å². The number of hydrogen-bond donors (Lipinski definition) is 2. The maximum absolute atomic E-state index is 13.0. The van der Waals surface area contributed by atoms with Gasteiger partial charge in [0.2, 0.25) is 5.91 Å². The van der Waals surface area contributed by atoms with Crippen LogP contribution in [0.1, 0.15) is 49.8 Å². The minimum Gasteiger partial charge on any atom is -0.354 e. The normalized spacial score (nSPS) is 23.1.